The Kier molecular flexibility index (Phi) is 7.44. The Morgan fingerprint density at radius 3 is 2.53 bits per heavy atom. The molecule has 0 N–H and O–H groups in total. The highest BCUT2D eigenvalue weighted by Crippen LogP contribution is 2.09. The Balaban J connectivity index is 2.23. The summed E-state index contributed by atoms with van der Waals surface area (Å²) in [5.74, 6) is 0. The molecular formula is C13H23NO2S. The molecule has 0 aliphatic rings. The fourth-order valence-electron chi connectivity index (χ4n) is 1.69. The van der Waals surface area contributed by atoms with E-state index in [0.717, 1.165) is 19.5 Å². The second kappa shape index (κ2) is 8.64. The van der Waals surface area contributed by atoms with Crippen molar-refractivity contribution >= 4 is 11.3 Å². The van der Waals surface area contributed by atoms with Gasteiger partial charge >= 0.3 is 0 Å². The second-order valence-electron chi connectivity index (χ2n) is 4.00. The van der Waals surface area contributed by atoms with E-state index in [4.69, 9.17) is 9.47 Å². The molecule has 0 bridgehead atoms. The molecule has 0 amide bonds. The SMILES string of the molecule is CCOC(CCN(C)Cc1ccsc1)OCC. The molecule has 0 radical (unpaired) electrons. The third kappa shape index (κ3) is 6.17. The van der Waals surface area contributed by atoms with Crippen molar-refractivity contribution in [2.45, 2.75) is 33.1 Å². The van der Waals surface area contributed by atoms with Crippen LogP contribution in [0.2, 0.25) is 0 Å². The normalized spacial score (nSPS) is 11.6. The Bertz CT molecular complexity index is 271. The monoisotopic (exact) mass is 257 g/mol. The molecule has 0 saturated carbocycles. The summed E-state index contributed by atoms with van der Waals surface area (Å²) in [6.45, 7) is 7.40. The third-order valence-electron chi connectivity index (χ3n) is 2.48. The van der Waals surface area contributed by atoms with E-state index < -0.39 is 0 Å². The molecule has 1 rings (SSSR count). The molecule has 0 aromatic carbocycles. The minimum atomic E-state index is -0.0603. The molecule has 4 heteroatoms. The van der Waals surface area contributed by atoms with Gasteiger partial charge in [0.1, 0.15) is 0 Å². The van der Waals surface area contributed by atoms with E-state index in [0.29, 0.717) is 13.2 Å². The number of hydrogen-bond acceptors (Lipinski definition) is 4. The lowest BCUT2D eigenvalue weighted by molar-refractivity contribution is -0.141. The van der Waals surface area contributed by atoms with Crippen LogP contribution in [0.3, 0.4) is 0 Å². The number of nitrogens with zero attached hydrogens (tertiary/aromatic N) is 1. The van der Waals surface area contributed by atoms with Crippen LogP contribution < -0.4 is 0 Å². The fraction of sp³-hybridized carbons (Fsp3) is 0.692. The minimum Gasteiger partial charge on any atom is -0.353 e. The van der Waals surface area contributed by atoms with Crippen molar-refractivity contribution in [1.29, 1.82) is 0 Å². The zero-order chi connectivity index (χ0) is 12.5. The van der Waals surface area contributed by atoms with Crippen molar-refractivity contribution < 1.29 is 9.47 Å². The fourth-order valence-corrected chi connectivity index (χ4v) is 2.35. The predicted molar refractivity (Wildman–Crippen MR) is 72.3 cm³/mol. The first-order valence-electron chi connectivity index (χ1n) is 6.19. The summed E-state index contributed by atoms with van der Waals surface area (Å²) in [5.41, 5.74) is 1.38. The second-order valence-corrected chi connectivity index (χ2v) is 4.78. The van der Waals surface area contributed by atoms with Crippen LogP contribution in [-0.2, 0) is 16.0 Å². The van der Waals surface area contributed by atoms with Crippen LogP contribution in [0.15, 0.2) is 16.8 Å². The van der Waals surface area contributed by atoms with Crippen molar-refractivity contribution in [2.75, 3.05) is 26.8 Å². The largest absolute Gasteiger partial charge is 0.353 e. The summed E-state index contributed by atoms with van der Waals surface area (Å²) >= 11 is 1.75. The summed E-state index contributed by atoms with van der Waals surface area (Å²) in [7, 11) is 2.13. The van der Waals surface area contributed by atoms with E-state index in [9.17, 15) is 0 Å². The lowest BCUT2D eigenvalue weighted by Crippen LogP contribution is -2.26. The maximum absolute atomic E-state index is 5.52. The smallest absolute Gasteiger partial charge is 0.158 e. The van der Waals surface area contributed by atoms with E-state index in [1.807, 2.05) is 13.8 Å². The quantitative estimate of drug-likeness (QED) is 0.635. The molecule has 0 fully saturated rings. The van der Waals surface area contributed by atoms with Crippen molar-refractivity contribution in [2.24, 2.45) is 0 Å². The maximum Gasteiger partial charge on any atom is 0.158 e. The standard InChI is InChI=1S/C13H23NO2S/c1-4-15-13(16-5-2)6-8-14(3)10-12-7-9-17-11-12/h7,9,11,13H,4-6,8,10H2,1-3H3. The summed E-state index contributed by atoms with van der Waals surface area (Å²) in [6.07, 6.45) is 0.859. The average Bonchev–Trinajstić information content (AvgIpc) is 2.79. The Labute approximate surface area is 108 Å². The average molecular weight is 257 g/mol. The number of ether oxygens (including phenoxy) is 2. The Morgan fingerprint density at radius 2 is 2.00 bits per heavy atom. The lowest BCUT2D eigenvalue weighted by atomic mass is 10.3. The van der Waals surface area contributed by atoms with Crippen LogP contribution in [-0.4, -0.2) is 38.0 Å². The van der Waals surface area contributed by atoms with Crippen molar-refractivity contribution in [3.63, 3.8) is 0 Å². The maximum atomic E-state index is 5.52. The van der Waals surface area contributed by atoms with E-state index in [1.54, 1.807) is 11.3 Å². The van der Waals surface area contributed by atoms with E-state index in [-0.39, 0.29) is 6.29 Å². The first-order valence-corrected chi connectivity index (χ1v) is 7.13. The summed E-state index contributed by atoms with van der Waals surface area (Å²) in [5, 5.41) is 4.31. The highest BCUT2D eigenvalue weighted by atomic mass is 32.1. The number of hydrogen-bond donors (Lipinski definition) is 0. The molecule has 0 atom stereocenters. The topological polar surface area (TPSA) is 21.7 Å². The van der Waals surface area contributed by atoms with Gasteiger partial charge in [0, 0.05) is 32.7 Å². The van der Waals surface area contributed by atoms with Gasteiger partial charge < -0.3 is 14.4 Å². The van der Waals surface area contributed by atoms with Gasteiger partial charge in [0.05, 0.1) is 0 Å². The van der Waals surface area contributed by atoms with Crippen LogP contribution in [0, 0.1) is 0 Å². The molecule has 3 nitrogen and oxygen atoms in total. The molecule has 1 heterocycles. The zero-order valence-corrected chi connectivity index (χ0v) is 11.8. The zero-order valence-electron chi connectivity index (χ0n) is 11.0. The minimum absolute atomic E-state index is 0.0603. The van der Waals surface area contributed by atoms with Gasteiger partial charge in [0.25, 0.3) is 0 Å². The molecule has 1 aromatic rings. The van der Waals surface area contributed by atoms with E-state index in [1.165, 1.54) is 5.56 Å². The first kappa shape index (κ1) is 14.6. The van der Waals surface area contributed by atoms with Crippen LogP contribution in [0.25, 0.3) is 0 Å². The van der Waals surface area contributed by atoms with Gasteiger partial charge in [-0.1, -0.05) is 0 Å². The Morgan fingerprint density at radius 1 is 1.29 bits per heavy atom. The third-order valence-corrected chi connectivity index (χ3v) is 3.22. The van der Waals surface area contributed by atoms with Gasteiger partial charge in [0.15, 0.2) is 6.29 Å². The van der Waals surface area contributed by atoms with Gasteiger partial charge in [-0.25, -0.2) is 0 Å². The first-order chi connectivity index (χ1) is 8.26. The molecule has 0 unspecified atom stereocenters. The highest BCUT2D eigenvalue weighted by molar-refractivity contribution is 7.07. The van der Waals surface area contributed by atoms with E-state index in [2.05, 4.69) is 28.8 Å². The molecule has 0 spiro atoms. The van der Waals surface area contributed by atoms with Crippen molar-refractivity contribution in [3.8, 4) is 0 Å². The van der Waals surface area contributed by atoms with Gasteiger partial charge in [-0.15, -0.1) is 0 Å². The molecular weight excluding hydrogens is 234 g/mol. The predicted octanol–water partition coefficient (Wildman–Crippen LogP) is 2.97. The molecule has 0 aliphatic heterocycles. The van der Waals surface area contributed by atoms with Gasteiger partial charge in [0.2, 0.25) is 0 Å². The molecule has 98 valence electrons. The highest BCUT2D eigenvalue weighted by Gasteiger charge is 2.09. The lowest BCUT2D eigenvalue weighted by Gasteiger charge is -2.21. The molecule has 1 aromatic heterocycles. The van der Waals surface area contributed by atoms with Crippen LogP contribution in [0.5, 0.6) is 0 Å². The van der Waals surface area contributed by atoms with Crippen LogP contribution >= 0.6 is 11.3 Å². The molecule has 0 aliphatic carbocycles. The summed E-state index contributed by atoms with van der Waals surface area (Å²) < 4.78 is 11.0. The van der Waals surface area contributed by atoms with Crippen molar-refractivity contribution in [1.82, 2.24) is 4.90 Å². The summed E-state index contributed by atoms with van der Waals surface area (Å²) in [4.78, 5) is 2.30. The van der Waals surface area contributed by atoms with Gasteiger partial charge in [-0.05, 0) is 43.3 Å². The summed E-state index contributed by atoms with van der Waals surface area (Å²) in [6, 6.07) is 2.17. The van der Waals surface area contributed by atoms with E-state index >= 15 is 0 Å². The number of thiophene rings is 1. The van der Waals surface area contributed by atoms with Crippen molar-refractivity contribution in [3.05, 3.63) is 22.4 Å². The Hall–Kier alpha value is -0.420. The van der Waals surface area contributed by atoms with Gasteiger partial charge in [-0.3, -0.25) is 0 Å². The molecule has 17 heavy (non-hydrogen) atoms. The van der Waals surface area contributed by atoms with Crippen LogP contribution in [0.4, 0.5) is 0 Å². The van der Waals surface area contributed by atoms with Crippen LogP contribution in [0.1, 0.15) is 25.8 Å². The molecule has 0 saturated heterocycles. The number of rotatable bonds is 9. The van der Waals surface area contributed by atoms with Gasteiger partial charge in [-0.2, -0.15) is 11.3 Å².